The molecule has 1 aliphatic carbocycles. The fourth-order valence-electron chi connectivity index (χ4n) is 4.00. The van der Waals surface area contributed by atoms with Crippen LogP contribution in [-0.4, -0.2) is 17.9 Å². The van der Waals surface area contributed by atoms with Gasteiger partial charge in [0, 0.05) is 6.54 Å². The largest absolute Gasteiger partial charge is 0.481 e. The molecule has 3 aromatic rings. The predicted octanol–water partition coefficient (Wildman–Crippen LogP) is 4.90. The maximum atomic E-state index is 12.9. The van der Waals surface area contributed by atoms with Crippen LogP contribution in [0.5, 0.6) is 5.75 Å². The molecule has 0 fully saturated rings. The number of amides is 2. The number of anilines is 1. The second-order valence-corrected chi connectivity index (χ2v) is 8.06. The molecule has 1 atom stereocenters. The highest BCUT2D eigenvalue weighted by Gasteiger charge is 2.21. The van der Waals surface area contributed by atoms with E-state index in [1.807, 2.05) is 42.5 Å². The first-order valence-electron chi connectivity index (χ1n) is 11.1. The SMILES string of the molecule is C[C@@H](Oc1cccc2c1CCCC2)C(=O)Nc1ccccc1C(=O)NCc1ccccc1. The highest BCUT2D eigenvalue weighted by Crippen LogP contribution is 2.30. The summed E-state index contributed by atoms with van der Waals surface area (Å²) >= 11 is 0. The first kappa shape index (κ1) is 21.6. The lowest BCUT2D eigenvalue weighted by atomic mass is 9.91. The van der Waals surface area contributed by atoms with Crippen LogP contribution >= 0.6 is 0 Å². The minimum absolute atomic E-state index is 0.240. The number of para-hydroxylation sites is 1. The van der Waals surface area contributed by atoms with Crippen LogP contribution < -0.4 is 15.4 Å². The second-order valence-electron chi connectivity index (χ2n) is 8.06. The summed E-state index contributed by atoms with van der Waals surface area (Å²) in [6, 6.07) is 22.8. The van der Waals surface area contributed by atoms with Gasteiger partial charge in [-0.2, -0.15) is 0 Å². The predicted molar refractivity (Wildman–Crippen MR) is 126 cm³/mol. The van der Waals surface area contributed by atoms with Gasteiger partial charge in [0.15, 0.2) is 6.10 Å². The van der Waals surface area contributed by atoms with E-state index in [1.54, 1.807) is 31.2 Å². The fourth-order valence-corrected chi connectivity index (χ4v) is 4.00. The van der Waals surface area contributed by atoms with Gasteiger partial charge in [0.2, 0.25) is 0 Å². The van der Waals surface area contributed by atoms with Crippen LogP contribution in [0.25, 0.3) is 0 Å². The van der Waals surface area contributed by atoms with Crippen LogP contribution in [0.3, 0.4) is 0 Å². The molecule has 1 aliphatic rings. The average Bonchev–Trinajstić information content (AvgIpc) is 2.83. The Balaban J connectivity index is 1.42. The first-order valence-corrected chi connectivity index (χ1v) is 11.1. The molecule has 0 aliphatic heterocycles. The monoisotopic (exact) mass is 428 g/mol. The molecule has 0 saturated heterocycles. The minimum Gasteiger partial charge on any atom is -0.481 e. The normalized spacial score (nSPS) is 13.5. The van der Waals surface area contributed by atoms with E-state index in [1.165, 1.54) is 17.5 Å². The molecule has 0 radical (unpaired) electrons. The molecule has 0 saturated carbocycles. The molecular formula is C27H28N2O3. The van der Waals surface area contributed by atoms with Gasteiger partial charge in [-0.1, -0.05) is 54.6 Å². The number of ether oxygens (including phenoxy) is 1. The summed E-state index contributed by atoms with van der Waals surface area (Å²) in [5.41, 5.74) is 4.41. The molecule has 0 unspecified atom stereocenters. The van der Waals surface area contributed by atoms with Crippen molar-refractivity contribution < 1.29 is 14.3 Å². The van der Waals surface area contributed by atoms with E-state index >= 15 is 0 Å². The van der Waals surface area contributed by atoms with Crippen LogP contribution in [0.1, 0.15) is 46.8 Å². The van der Waals surface area contributed by atoms with Crippen molar-refractivity contribution in [1.82, 2.24) is 5.32 Å². The standard InChI is InChI=1S/C27H28N2O3/c1-19(32-25-17-9-13-21-12-5-6-14-22(21)25)26(30)29-24-16-8-7-15-23(24)27(31)28-18-20-10-3-2-4-11-20/h2-4,7-11,13,15-17,19H,5-6,12,14,18H2,1H3,(H,28,31)(H,29,30)/t19-/m1/s1. The molecule has 2 amide bonds. The van der Waals surface area contributed by atoms with Gasteiger partial charge in [0.1, 0.15) is 5.75 Å². The zero-order valence-corrected chi connectivity index (χ0v) is 18.3. The van der Waals surface area contributed by atoms with Crippen molar-refractivity contribution in [2.24, 2.45) is 0 Å². The lowest BCUT2D eigenvalue weighted by Gasteiger charge is -2.22. The zero-order chi connectivity index (χ0) is 22.3. The maximum absolute atomic E-state index is 12.9. The van der Waals surface area contributed by atoms with Crippen molar-refractivity contribution in [3.05, 3.63) is 95.1 Å². The summed E-state index contributed by atoms with van der Waals surface area (Å²) in [5.74, 6) is 0.246. The minimum atomic E-state index is -0.691. The van der Waals surface area contributed by atoms with Crippen molar-refractivity contribution in [2.45, 2.75) is 45.3 Å². The Kier molecular flexibility index (Phi) is 6.85. The van der Waals surface area contributed by atoms with Crippen molar-refractivity contribution in [1.29, 1.82) is 0 Å². The van der Waals surface area contributed by atoms with E-state index in [2.05, 4.69) is 16.7 Å². The third kappa shape index (κ3) is 5.17. The van der Waals surface area contributed by atoms with Gasteiger partial charge >= 0.3 is 0 Å². The molecule has 5 nitrogen and oxygen atoms in total. The maximum Gasteiger partial charge on any atom is 0.265 e. The Bertz CT molecular complexity index is 1100. The highest BCUT2D eigenvalue weighted by molar-refractivity contribution is 6.04. The van der Waals surface area contributed by atoms with Gasteiger partial charge in [-0.25, -0.2) is 0 Å². The van der Waals surface area contributed by atoms with Gasteiger partial charge < -0.3 is 15.4 Å². The van der Waals surface area contributed by atoms with Crippen molar-refractivity contribution in [3.63, 3.8) is 0 Å². The number of benzene rings is 3. The van der Waals surface area contributed by atoms with E-state index in [-0.39, 0.29) is 11.8 Å². The number of hydrogen-bond acceptors (Lipinski definition) is 3. The summed E-state index contributed by atoms with van der Waals surface area (Å²) in [7, 11) is 0. The number of fused-ring (bicyclic) bond motifs is 1. The first-order chi connectivity index (χ1) is 15.6. The third-order valence-corrected chi connectivity index (χ3v) is 5.75. The highest BCUT2D eigenvalue weighted by atomic mass is 16.5. The van der Waals surface area contributed by atoms with E-state index in [4.69, 9.17) is 4.74 Å². The summed E-state index contributed by atoms with van der Waals surface area (Å²) in [5, 5.41) is 5.78. The summed E-state index contributed by atoms with van der Waals surface area (Å²) in [6.07, 6.45) is 3.67. The van der Waals surface area contributed by atoms with Crippen molar-refractivity contribution >= 4 is 17.5 Å². The Morgan fingerprint density at radius 1 is 0.906 bits per heavy atom. The Labute approximate surface area is 188 Å². The Morgan fingerprint density at radius 2 is 1.66 bits per heavy atom. The van der Waals surface area contributed by atoms with Gasteiger partial charge in [-0.15, -0.1) is 0 Å². The molecular weight excluding hydrogens is 400 g/mol. The number of hydrogen-bond donors (Lipinski definition) is 2. The van der Waals surface area contributed by atoms with E-state index in [0.29, 0.717) is 17.8 Å². The number of nitrogens with one attached hydrogen (secondary N) is 2. The van der Waals surface area contributed by atoms with E-state index < -0.39 is 6.10 Å². The number of aryl methyl sites for hydroxylation is 1. The quantitative estimate of drug-likeness (QED) is 0.562. The second kappa shape index (κ2) is 10.1. The van der Waals surface area contributed by atoms with Gasteiger partial charge in [0.05, 0.1) is 11.3 Å². The van der Waals surface area contributed by atoms with Crippen LogP contribution in [0.4, 0.5) is 5.69 Å². The molecule has 3 aromatic carbocycles. The Hall–Kier alpha value is -3.60. The molecule has 164 valence electrons. The number of rotatable bonds is 7. The lowest BCUT2D eigenvalue weighted by molar-refractivity contribution is -0.122. The molecule has 2 N–H and O–H groups in total. The van der Waals surface area contributed by atoms with Gasteiger partial charge in [0.25, 0.3) is 11.8 Å². The van der Waals surface area contributed by atoms with E-state index in [0.717, 1.165) is 30.6 Å². The lowest BCUT2D eigenvalue weighted by Crippen LogP contribution is -2.32. The summed E-state index contributed by atoms with van der Waals surface area (Å²) in [6.45, 7) is 2.15. The molecule has 0 bridgehead atoms. The molecule has 4 rings (SSSR count). The fraction of sp³-hybridized carbons (Fsp3) is 0.259. The zero-order valence-electron chi connectivity index (χ0n) is 18.3. The number of carbonyl (C=O) groups excluding carboxylic acids is 2. The van der Waals surface area contributed by atoms with Crippen LogP contribution in [0.2, 0.25) is 0 Å². The topological polar surface area (TPSA) is 67.4 Å². The smallest absolute Gasteiger partial charge is 0.265 e. The van der Waals surface area contributed by atoms with Crippen molar-refractivity contribution in [2.75, 3.05) is 5.32 Å². The third-order valence-electron chi connectivity index (χ3n) is 5.75. The van der Waals surface area contributed by atoms with E-state index in [9.17, 15) is 9.59 Å². The summed E-state index contributed by atoms with van der Waals surface area (Å²) in [4.78, 5) is 25.6. The van der Waals surface area contributed by atoms with Crippen LogP contribution in [0.15, 0.2) is 72.8 Å². The molecule has 0 spiro atoms. The van der Waals surface area contributed by atoms with Crippen LogP contribution in [-0.2, 0) is 24.2 Å². The molecule has 5 heteroatoms. The van der Waals surface area contributed by atoms with Gasteiger partial charge in [-0.05, 0) is 67.5 Å². The van der Waals surface area contributed by atoms with Crippen molar-refractivity contribution in [3.8, 4) is 5.75 Å². The number of carbonyl (C=O) groups is 2. The van der Waals surface area contributed by atoms with Gasteiger partial charge in [-0.3, -0.25) is 9.59 Å². The van der Waals surface area contributed by atoms with Crippen LogP contribution in [0, 0.1) is 0 Å². The average molecular weight is 429 g/mol. The Morgan fingerprint density at radius 3 is 2.50 bits per heavy atom. The molecule has 32 heavy (non-hydrogen) atoms. The molecule has 0 aromatic heterocycles. The summed E-state index contributed by atoms with van der Waals surface area (Å²) < 4.78 is 6.04. The molecule has 0 heterocycles.